The van der Waals surface area contributed by atoms with Crippen molar-refractivity contribution in [1.82, 2.24) is 10.2 Å². The van der Waals surface area contributed by atoms with E-state index >= 15 is 0 Å². The van der Waals surface area contributed by atoms with Gasteiger partial charge in [0, 0.05) is 18.8 Å². The highest BCUT2D eigenvalue weighted by molar-refractivity contribution is 5.92. The van der Waals surface area contributed by atoms with E-state index < -0.39 is 0 Å². The van der Waals surface area contributed by atoms with Crippen molar-refractivity contribution < 1.29 is 4.79 Å². The van der Waals surface area contributed by atoms with Gasteiger partial charge in [-0.3, -0.25) is 4.79 Å². The molecule has 4 heteroatoms. The van der Waals surface area contributed by atoms with Gasteiger partial charge in [-0.1, -0.05) is 17.7 Å². The van der Waals surface area contributed by atoms with Crippen LogP contribution in [0.1, 0.15) is 18.4 Å². The molecule has 0 radical (unpaired) electrons. The number of carbonyl (C=O) groups is 1. The standard InChI is InChI=1S/C15H23N3O/c1-13-4-6-14(7-5-13)17-15(19)12-16-8-11-18-9-2-3-10-18/h4-7,16H,2-3,8-12H2,1H3,(H,17,19). The van der Waals surface area contributed by atoms with Gasteiger partial charge >= 0.3 is 0 Å². The first kappa shape index (κ1) is 14.0. The van der Waals surface area contributed by atoms with Crippen LogP contribution in [0, 0.1) is 6.92 Å². The van der Waals surface area contributed by atoms with Crippen LogP contribution in [-0.2, 0) is 4.79 Å². The molecule has 0 saturated carbocycles. The van der Waals surface area contributed by atoms with Gasteiger partial charge in [0.05, 0.1) is 6.54 Å². The summed E-state index contributed by atoms with van der Waals surface area (Å²) in [5, 5.41) is 6.07. The Labute approximate surface area is 115 Å². The Morgan fingerprint density at radius 2 is 1.89 bits per heavy atom. The first-order valence-electron chi connectivity index (χ1n) is 7.03. The SMILES string of the molecule is Cc1ccc(NC(=O)CNCCN2CCCC2)cc1. The topological polar surface area (TPSA) is 44.4 Å². The van der Waals surface area contributed by atoms with Gasteiger partial charge in [-0.2, -0.15) is 0 Å². The molecule has 0 aromatic heterocycles. The molecule has 19 heavy (non-hydrogen) atoms. The van der Waals surface area contributed by atoms with Gasteiger partial charge in [0.2, 0.25) is 5.91 Å². The molecule has 4 nitrogen and oxygen atoms in total. The molecule has 104 valence electrons. The Hall–Kier alpha value is -1.39. The van der Waals surface area contributed by atoms with E-state index in [-0.39, 0.29) is 5.91 Å². The minimum Gasteiger partial charge on any atom is -0.325 e. The Kier molecular flexibility index (Phi) is 5.36. The molecule has 1 fully saturated rings. The lowest BCUT2D eigenvalue weighted by Gasteiger charge is -2.14. The average Bonchev–Trinajstić information content (AvgIpc) is 2.91. The van der Waals surface area contributed by atoms with Gasteiger partial charge in [0.25, 0.3) is 0 Å². The summed E-state index contributed by atoms with van der Waals surface area (Å²) in [5.74, 6) is 0.0188. The summed E-state index contributed by atoms with van der Waals surface area (Å²) in [6.07, 6.45) is 2.63. The highest BCUT2D eigenvalue weighted by Crippen LogP contribution is 2.08. The number of benzene rings is 1. The van der Waals surface area contributed by atoms with Crippen LogP contribution >= 0.6 is 0 Å². The van der Waals surface area contributed by atoms with Crippen molar-refractivity contribution in [2.24, 2.45) is 0 Å². The van der Waals surface area contributed by atoms with Gasteiger partial charge in [0.15, 0.2) is 0 Å². The maximum absolute atomic E-state index is 11.7. The minimum absolute atomic E-state index is 0.0188. The quantitative estimate of drug-likeness (QED) is 0.765. The fourth-order valence-electron chi connectivity index (χ4n) is 2.29. The minimum atomic E-state index is 0.0188. The number of hydrogen-bond donors (Lipinski definition) is 2. The van der Waals surface area contributed by atoms with Gasteiger partial charge in [0.1, 0.15) is 0 Å². The Balaban J connectivity index is 1.60. The molecule has 0 atom stereocenters. The zero-order chi connectivity index (χ0) is 13.5. The fourth-order valence-corrected chi connectivity index (χ4v) is 2.29. The van der Waals surface area contributed by atoms with Gasteiger partial charge in [-0.05, 0) is 45.0 Å². The van der Waals surface area contributed by atoms with E-state index in [9.17, 15) is 4.79 Å². The largest absolute Gasteiger partial charge is 0.325 e. The van der Waals surface area contributed by atoms with Crippen LogP contribution in [0.5, 0.6) is 0 Å². The second kappa shape index (κ2) is 7.26. The number of carbonyl (C=O) groups excluding carboxylic acids is 1. The molecular formula is C15H23N3O. The van der Waals surface area contributed by atoms with Crippen LogP contribution in [0.2, 0.25) is 0 Å². The third-order valence-electron chi connectivity index (χ3n) is 3.42. The normalized spacial score (nSPS) is 15.6. The van der Waals surface area contributed by atoms with Crippen LogP contribution in [-0.4, -0.2) is 43.5 Å². The predicted octanol–water partition coefficient (Wildman–Crippen LogP) is 1.62. The van der Waals surface area contributed by atoms with E-state index in [0.29, 0.717) is 6.54 Å². The van der Waals surface area contributed by atoms with E-state index in [1.807, 2.05) is 31.2 Å². The molecule has 1 aromatic carbocycles. The lowest BCUT2D eigenvalue weighted by Crippen LogP contribution is -2.34. The molecule has 0 unspecified atom stereocenters. The third kappa shape index (κ3) is 5.01. The summed E-state index contributed by atoms with van der Waals surface area (Å²) in [7, 11) is 0. The van der Waals surface area contributed by atoms with Gasteiger partial charge in [-0.15, -0.1) is 0 Å². The Morgan fingerprint density at radius 1 is 1.21 bits per heavy atom. The molecule has 0 bridgehead atoms. The summed E-state index contributed by atoms with van der Waals surface area (Å²) in [5.41, 5.74) is 2.05. The molecular weight excluding hydrogens is 238 g/mol. The molecule has 1 aromatic rings. The van der Waals surface area contributed by atoms with Gasteiger partial charge in [-0.25, -0.2) is 0 Å². The van der Waals surface area contributed by atoms with E-state index in [4.69, 9.17) is 0 Å². The molecule has 0 aliphatic carbocycles. The lowest BCUT2D eigenvalue weighted by molar-refractivity contribution is -0.115. The number of aryl methyl sites for hydroxylation is 1. The number of amides is 1. The second-order valence-electron chi connectivity index (χ2n) is 5.14. The van der Waals surface area contributed by atoms with Gasteiger partial charge < -0.3 is 15.5 Å². The van der Waals surface area contributed by atoms with Crippen molar-refractivity contribution in [1.29, 1.82) is 0 Å². The Morgan fingerprint density at radius 3 is 2.58 bits per heavy atom. The number of anilines is 1. The van der Waals surface area contributed by atoms with Crippen LogP contribution in [0.3, 0.4) is 0 Å². The first-order chi connectivity index (χ1) is 9.24. The Bertz CT molecular complexity index is 396. The fraction of sp³-hybridized carbons (Fsp3) is 0.533. The van der Waals surface area contributed by atoms with Crippen LogP contribution in [0.25, 0.3) is 0 Å². The van der Waals surface area contributed by atoms with E-state index in [2.05, 4.69) is 15.5 Å². The number of rotatable bonds is 6. The van der Waals surface area contributed by atoms with Crippen molar-refractivity contribution in [3.05, 3.63) is 29.8 Å². The first-order valence-corrected chi connectivity index (χ1v) is 7.03. The zero-order valence-corrected chi connectivity index (χ0v) is 11.6. The molecule has 1 aliphatic rings. The maximum atomic E-state index is 11.7. The molecule has 1 amide bonds. The number of likely N-dealkylation sites (tertiary alicyclic amines) is 1. The molecule has 2 rings (SSSR count). The molecule has 1 heterocycles. The lowest BCUT2D eigenvalue weighted by atomic mass is 10.2. The van der Waals surface area contributed by atoms with Crippen LogP contribution in [0.4, 0.5) is 5.69 Å². The highest BCUT2D eigenvalue weighted by Gasteiger charge is 2.10. The molecule has 0 spiro atoms. The summed E-state index contributed by atoms with van der Waals surface area (Å²) in [4.78, 5) is 14.1. The third-order valence-corrected chi connectivity index (χ3v) is 3.42. The summed E-state index contributed by atoms with van der Waals surface area (Å²) in [6.45, 7) is 6.74. The molecule has 2 N–H and O–H groups in total. The average molecular weight is 261 g/mol. The van der Waals surface area contributed by atoms with Crippen LogP contribution in [0.15, 0.2) is 24.3 Å². The highest BCUT2D eigenvalue weighted by atomic mass is 16.1. The van der Waals surface area contributed by atoms with Crippen molar-refractivity contribution in [3.63, 3.8) is 0 Å². The monoisotopic (exact) mass is 261 g/mol. The van der Waals surface area contributed by atoms with E-state index in [0.717, 1.165) is 18.8 Å². The molecule has 1 aliphatic heterocycles. The van der Waals surface area contributed by atoms with Crippen molar-refractivity contribution in [2.75, 3.05) is 38.0 Å². The van der Waals surface area contributed by atoms with E-state index in [1.54, 1.807) is 0 Å². The predicted molar refractivity (Wildman–Crippen MR) is 78.4 cm³/mol. The smallest absolute Gasteiger partial charge is 0.238 e. The molecule has 1 saturated heterocycles. The maximum Gasteiger partial charge on any atom is 0.238 e. The summed E-state index contributed by atoms with van der Waals surface area (Å²) in [6, 6.07) is 7.85. The zero-order valence-electron chi connectivity index (χ0n) is 11.6. The van der Waals surface area contributed by atoms with Crippen LogP contribution < -0.4 is 10.6 Å². The van der Waals surface area contributed by atoms with E-state index in [1.165, 1.54) is 31.5 Å². The van der Waals surface area contributed by atoms with Crippen molar-refractivity contribution in [2.45, 2.75) is 19.8 Å². The summed E-state index contributed by atoms with van der Waals surface area (Å²) < 4.78 is 0. The van der Waals surface area contributed by atoms with Crippen molar-refractivity contribution >= 4 is 11.6 Å². The summed E-state index contributed by atoms with van der Waals surface area (Å²) >= 11 is 0. The number of hydrogen-bond acceptors (Lipinski definition) is 3. The number of nitrogens with zero attached hydrogens (tertiary/aromatic N) is 1. The number of nitrogens with one attached hydrogen (secondary N) is 2. The second-order valence-corrected chi connectivity index (χ2v) is 5.14. The van der Waals surface area contributed by atoms with Crippen molar-refractivity contribution in [3.8, 4) is 0 Å².